The van der Waals surface area contributed by atoms with E-state index in [4.69, 9.17) is 19.4 Å². The van der Waals surface area contributed by atoms with Gasteiger partial charge in [-0.3, -0.25) is 4.98 Å². The normalized spacial score (nSPS) is 20.9. The Balaban J connectivity index is 1.40. The van der Waals surface area contributed by atoms with Crippen molar-refractivity contribution in [2.24, 2.45) is 5.92 Å². The zero-order chi connectivity index (χ0) is 18.5. The third kappa shape index (κ3) is 4.62. The standard InChI is InChI=1S/C21H28N4O2/c1-2-18-13-20(24-21(23-18)17-3-8-22-9-4-17)25-10-5-19(6-11-25)27-15-16-7-12-26-14-16/h3-4,8-9,13,16,19H,2,5-7,10-12,14-15H2,1H3. The third-order valence-electron chi connectivity index (χ3n) is 5.42. The number of piperidine rings is 1. The number of aryl methyl sites for hydroxylation is 1. The first kappa shape index (κ1) is 18.3. The molecule has 2 saturated heterocycles. The van der Waals surface area contributed by atoms with Gasteiger partial charge >= 0.3 is 0 Å². The maximum atomic E-state index is 6.14. The summed E-state index contributed by atoms with van der Waals surface area (Å²) in [6.07, 6.45) is 8.06. The van der Waals surface area contributed by atoms with Gasteiger partial charge in [-0.05, 0) is 37.8 Å². The molecule has 2 aromatic rings. The highest BCUT2D eigenvalue weighted by Crippen LogP contribution is 2.24. The lowest BCUT2D eigenvalue weighted by Crippen LogP contribution is -2.38. The van der Waals surface area contributed by atoms with Crippen LogP contribution in [0.25, 0.3) is 11.4 Å². The van der Waals surface area contributed by atoms with E-state index in [1.54, 1.807) is 12.4 Å². The lowest BCUT2D eigenvalue weighted by atomic mass is 10.1. The fraction of sp³-hybridized carbons (Fsp3) is 0.571. The van der Waals surface area contributed by atoms with Crippen molar-refractivity contribution in [2.45, 2.75) is 38.7 Å². The first-order valence-corrected chi connectivity index (χ1v) is 10.0. The Labute approximate surface area is 161 Å². The number of hydrogen-bond donors (Lipinski definition) is 0. The Morgan fingerprint density at radius 3 is 2.67 bits per heavy atom. The first-order valence-electron chi connectivity index (χ1n) is 10.0. The number of hydrogen-bond acceptors (Lipinski definition) is 6. The molecule has 0 amide bonds. The van der Waals surface area contributed by atoms with Gasteiger partial charge in [0.1, 0.15) is 5.82 Å². The molecule has 0 aliphatic carbocycles. The number of ether oxygens (including phenoxy) is 2. The highest BCUT2D eigenvalue weighted by atomic mass is 16.5. The van der Waals surface area contributed by atoms with E-state index >= 15 is 0 Å². The number of rotatable bonds is 6. The number of pyridine rings is 1. The van der Waals surface area contributed by atoms with Crippen LogP contribution >= 0.6 is 0 Å². The van der Waals surface area contributed by atoms with Crippen LogP contribution in [0.3, 0.4) is 0 Å². The fourth-order valence-corrected chi connectivity index (χ4v) is 3.69. The van der Waals surface area contributed by atoms with Gasteiger partial charge in [0.25, 0.3) is 0 Å². The third-order valence-corrected chi connectivity index (χ3v) is 5.42. The van der Waals surface area contributed by atoms with E-state index in [0.717, 1.165) is 81.5 Å². The van der Waals surface area contributed by atoms with Gasteiger partial charge < -0.3 is 14.4 Å². The van der Waals surface area contributed by atoms with E-state index in [-0.39, 0.29) is 0 Å². The average molecular weight is 368 g/mol. The van der Waals surface area contributed by atoms with Crippen molar-refractivity contribution in [2.75, 3.05) is 37.8 Å². The van der Waals surface area contributed by atoms with Crippen molar-refractivity contribution in [1.29, 1.82) is 0 Å². The van der Waals surface area contributed by atoms with E-state index in [2.05, 4.69) is 22.9 Å². The van der Waals surface area contributed by atoms with Gasteiger partial charge in [0.05, 0.1) is 19.3 Å². The van der Waals surface area contributed by atoms with Crippen LogP contribution in [0.2, 0.25) is 0 Å². The molecule has 4 heterocycles. The smallest absolute Gasteiger partial charge is 0.161 e. The predicted octanol–water partition coefficient (Wildman–Crippen LogP) is 3.12. The van der Waals surface area contributed by atoms with Gasteiger partial charge in [-0.25, -0.2) is 9.97 Å². The Morgan fingerprint density at radius 1 is 1.15 bits per heavy atom. The molecule has 4 rings (SSSR count). The topological polar surface area (TPSA) is 60.4 Å². The summed E-state index contributed by atoms with van der Waals surface area (Å²) in [5.41, 5.74) is 2.09. The van der Waals surface area contributed by atoms with Crippen LogP contribution in [0.5, 0.6) is 0 Å². The molecule has 2 aliphatic rings. The molecule has 0 radical (unpaired) electrons. The highest BCUT2D eigenvalue weighted by molar-refractivity contribution is 5.57. The quantitative estimate of drug-likeness (QED) is 0.781. The second-order valence-electron chi connectivity index (χ2n) is 7.38. The SMILES string of the molecule is CCc1cc(N2CCC(OCC3CCOC3)CC2)nc(-c2ccncc2)n1. The molecule has 0 N–H and O–H groups in total. The molecule has 6 heteroatoms. The van der Waals surface area contributed by atoms with Gasteiger partial charge in [-0.2, -0.15) is 0 Å². The van der Waals surface area contributed by atoms with Gasteiger partial charge in [0, 0.05) is 55.3 Å². The van der Waals surface area contributed by atoms with Crippen LogP contribution < -0.4 is 4.90 Å². The number of aromatic nitrogens is 3. The molecule has 2 aliphatic heterocycles. The molecule has 1 atom stereocenters. The summed E-state index contributed by atoms with van der Waals surface area (Å²) in [7, 11) is 0. The van der Waals surface area contributed by atoms with Crippen LogP contribution in [0, 0.1) is 5.92 Å². The van der Waals surface area contributed by atoms with Gasteiger partial charge in [0.15, 0.2) is 5.82 Å². The van der Waals surface area contributed by atoms with Crippen molar-refractivity contribution in [3.8, 4) is 11.4 Å². The molecule has 144 valence electrons. The van der Waals surface area contributed by atoms with Gasteiger partial charge in [-0.1, -0.05) is 6.92 Å². The number of nitrogens with zero attached hydrogens (tertiary/aromatic N) is 4. The van der Waals surface area contributed by atoms with Crippen LogP contribution in [-0.2, 0) is 15.9 Å². The number of anilines is 1. The Morgan fingerprint density at radius 2 is 1.96 bits per heavy atom. The molecule has 0 bridgehead atoms. The average Bonchev–Trinajstić information content (AvgIpc) is 3.26. The van der Waals surface area contributed by atoms with Gasteiger partial charge in [0.2, 0.25) is 0 Å². The van der Waals surface area contributed by atoms with Crippen molar-refractivity contribution < 1.29 is 9.47 Å². The lowest BCUT2D eigenvalue weighted by Gasteiger charge is -2.33. The van der Waals surface area contributed by atoms with E-state index in [9.17, 15) is 0 Å². The van der Waals surface area contributed by atoms with Crippen LogP contribution in [0.1, 0.15) is 31.9 Å². The fourth-order valence-electron chi connectivity index (χ4n) is 3.69. The minimum Gasteiger partial charge on any atom is -0.381 e. The first-order chi connectivity index (χ1) is 13.3. The summed E-state index contributed by atoms with van der Waals surface area (Å²) in [4.78, 5) is 16.0. The summed E-state index contributed by atoms with van der Waals surface area (Å²) in [5.74, 6) is 2.39. The summed E-state index contributed by atoms with van der Waals surface area (Å²) in [5, 5.41) is 0. The zero-order valence-corrected chi connectivity index (χ0v) is 16.0. The largest absolute Gasteiger partial charge is 0.381 e. The van der Waals surface area contributed by atoms with Crippen LogP contribution in [0.15, 0.2) is 30.6 Å². The summed E-state index contributed by atoms with van der Waals surface area (Å²) >= 11 is 0. The highest BCUT2D eigenvalue weighted by Gasteiger charge is 2.24. The van der Waals surface area contributed by atoms with Gasteiger partial charge in [-0.15, -0.1) is 0 Å². The van der Waals surface area contributed by atoms with Crippen molar-refractivity contribution in [3.63, 3.8) is 0 Å². The molecule has 2 fully saturated rings. The van der Waals surface area contributed by atoms with E-state index in [1.807, 2.05) is 12.1 Å². The Bertz CT molecular complexity index is 726. The molecule has 1 unspecified atom stereocenters. The van der Waals surface area contributed by atoms with Crippen molar-refractivity contribution in [1.82, 2.24) is 15.0 Å². The summed E-state index contributed by atoms with van der Waals surface area (Å²) < 4.78 is 11.6. The van der Waals surface area contributed by atoms with Crippen LogP contribution in [-0.4, -0.2) is 54.0 Å². The Hall–Kier alpha value is -2.05. The maximum absolute atomic E-state index is 6.14. The molecular formula is C21H28N4O2. The molecule has 27 heavy (non-hydrogen) atoms. The zero-order valence-electron chi connectivity index (χ0n) is 16.0. The van der Waals surface area contributed by atoms with E-state index < -0.39 is 0 Å². The second-order valence-corrected chi connectivity index (χ2v) is 7.38. The molecule has 0 saturated carbocycles. The van der Waals surface area contributed by atoms with E-state index in [0.29, 0.717) is 12.0 Å². The molecule has 0 aromatic carbocycles. The van der Waals surface area contributed by atoms with Crippen molar-refractivity contribution >= 4 is 5.82 Å². The van der Waals surface area contributed by atoms with E-state index in [1.165, 1.54) is 0 Å². The molecule has 6 nitrogen and oxygen atoms in total. The molecule has 2 aromatic heterocycles. The molecular weight excluding hydrogens is 340 g/mol. The predicted molar refractivity (Wildman–Crippen MR) is 105 cm³/mol. The minimum absolute atomic E-state index is 0.356. The second kappa shape index (κ2) is 8.76. The summed E-state index contributed by atoms with van der Waals surface area (Å²) in [6, 6.07) is 6.05. The monoisotopic (exact) mass is 368 g/mol. The van der Waals surface area contributed by atoms with Crippen LogP contribution in [0.4, 0.5) is 5.82 Å². The maximum Gasteiger partial charge on any atom is 0.161 e. The van der Waals surface area contributed by atoms with Crippen molar-refractivity contribution in [3.05, 3.63) is 36.3 Å². The molecule has 0 spiro atoms. The minimum atomic E-state index is 0.356. The lowest BCUT2D eigenvalue weighted by molar-refractivity contribution is 0.0131. The summed E-state index contributed by atoms with van der Waals surface area (Å²) in [6.45, 7) is 6.67. The Kier molecular flexibility index (Phi) is 5.94.